The molecule has 0 saturated carbocycles. The number of benzene rings is 2. The van der Waals surface area contributed by atoms with Crippen molar-refractivity contribution in [3.63, 3.8) is 0 Å². The van der Waals surface area contributed by atoms with Gasteiger partial charge in [0.1, 0.15) is 0 Å². The minimum Gasteiger partial charge on any atom is -0.333 e. The number of thioether (sulfide) groups is 1. The molecule has 0 aliphatic rings. The van der Waals surface area contributed by atoms with Crippen molar-refractivity contribution in [2.24, 2.45) is 0 Å². The molecule has 0 aromatic heterocycles. The molecule has 0 aliphatic carbocycles. The Morgan fingerprint density at radius 3 is 2.54 bits per heavy atom. The van der Waals surface area contributed by atoms with Gasteiger partial charge in [-0.05, 0) is 42.2 Å². The van der Waals surface area contributed by atoms with E-state index in [9.17, 15) is 9.59 Å². The van der Waals surface area contributed by atoms with Gasteiger partial charge in [-0.2, -0.15) is 5.26 Å². The van der Waals surface area contributed by atoms with Crippen LogP contribution in [0.25, 0.3) is 6.08 Å². The third-order valence-corrected chi connectivity index (χ3v) is 4.39. The van der Waals surface area contributed by atoms with E-state index in [-0.39, 0.29) is 18.4 Å². The number of likely N-dealkylation sites (N-methyl/N-ethyl adjacent to an activating group) is 1. The largest absolute Gasteiger partial charge is 0.333 e. The van der Waals surface area contributed by atoms with Gasteiger partial charge in [0.05, 0.1) is 23.9 Å². The fourth-order valence-corrected chi connectivity index (χ4v) is 2.75. The Bertz CT molecular complexity index is 854. The van der Waals surface area contributed by atoms with Crippen LogP contribution < -0.4 is 5.32 Å². The predicted octanol–water partition coefficient (Wildman–Crippen LogP) is 3.39. The van der Waals surface area contributed by atoms with Crippen molar-refractivity contribution in [1.82, 2.24) is 4.90 Å². The maximum atomic E-state index is 12.2. The van der Waals surface area contributed by atoms with Gasteiger partial charge in [0.25, 0.3) is 0 Å². The van der Waals surface area contributed by atoms with Crippen molar-refractivity contribution in [2.75, 3.05) is 25.2 Å². The summed E-state index contributed by atoms with van der Waals surface area (Å²) in [6.45, 7) is -0.0424. The van der Waals surface area contributed by atoms with Crippen LogP contribution in [0.15, 0.2) is 59.5 Å². The third-order valence-electron chi connectivity index (χ3n) is 3.60. The number of nitrogens with one attached hydrogen (secondary N) is 1. The topological polar surface area (TPSA) is 73.2 Å². The number of nitriles is 1. The Morgan fingerprint density at radius 2 is 1.88 bits per heavy atom. The molecule has 0 spiro atoms. The SMILES string of the molecule is CSc1ccccc1NC(=O)CN(C)C(=O)/C=C/c1ccc(C#N)cc1. The summed E-state index contributed by atoms with van der Waals surface area (Å²) in [4.78, 5) is 26.6. The van der Waals surface area contributed by atoms with E-state index in [1.807, 2.05) is 36.6 Å². The van der Waals surface area contributed by atoms with E-state index in [0.717, 1.165) is 16.1 Å². The second kappa shape index (κ2) is 9.44. The normalized spacial score (nSPS) is 10.3. The lowest BCUT2D eigenvalue weighted by Crippen LogP contribution is -2.33. The summed E-state index contributed by atoms with van der Waals surface area (Å²) < 4.78 is 0. The highest BCUT2D eigenvalue weighted by Gasteiger charge is 2.12. The van der Waals surface area contributed by atoms with E-state index in [0.29, 0.717) is 5.56 Å². The molecule has 0 radical (unpaired) electrons. The highest BCUT2D eigenvalue weighted by Crippen LogP contribution is 2.24. The van der Waals surface area contributed by atoms with E-state index < -0.39 is 0 Å². The second-order valence-corrected chi connectivity index (χ2v) is 6.36. The van der Waals surface area contributed by atoms with Crippen LogP contribution in [0, 0.1) is 11.3 Å². The first-order valence-corrected chi connectivity index (χ1v) is 9.12. The first-order valence-electron chi connectivity index (χ1n) is 7.89. The molecule has 2 aromatic rings. The van der Waals surface area contributed by atoms with Gasteiger partial charge in [-0.1, -0.05) is 24.3 Å². The van der Waals surface area contributed by atoms with Crippen molar-refractivity contribution in [3.05, 3.63) is 65.7 Å². The summed E-state index contributed by atoms with van der Waals surface area (Å²) in [5, 5.41) is 11.6. The van der Waals surface area contributed by atoms with Gasteiger partial charge in [-0.3, -0.25) is 9.59 Å². The van der Waals surface area contributed by atoms with Crippen LogP contribution >= 0.6 is 11.8 Å². The molecule has 1 N–H and O–H groups in total. The zero-order chi connectivity index (χ0) is 18.9. The molecule has 132 valence electrons. The molecule has 0 atom stereocenters. The molecule has 26 heavy (non-hydrogen) atoms. The van der Waals surface area contributed by atoms with Crippen molar-refractivity contribution in [2.45, 2.75) is 4.90 Å². The summed E-state index contributed by atoms with van der Waals surface area (Å²) in [5.74, 6) is -0.531. The Kier molecular flexibility index (Phi) is 7.01. The zero-order valence-corrected chi connectivity index (χ0v) is 15.4. The van der Waals surface area contributed by atoms with Gasteiger partial charge < -0.3 is 10.2 Å². The van der Waals surface area contributed by atoms with Gasteiger partial charge >= 0.3 is 0 Å². The molecule has 0 aliphatic heterocycles. The number of carbonyl (C=O) groups excluding carboxylic acids is 2. The Hall–Kier alpha value is -3.04. The summed E-state index contributed by atoms with van der Waals surface area (Å²) in [5.41, 5.74) is 2.11. The van der Waals surface area contributed by atoms with Gasteiger partial charge in [-0.15, -0.1) is 11.8 Å². The molecule has 0 fully saturated rings. The fraction of sp³-hybridized carbons (Fsp3) is 0.150. The van der Waals surface area contributed by atoms with Gasteiger partial charge in [0.15, 0.2) is 0 Å². The molecule has 0 heterocycles. The Labute approximate surface area is 157 Å². The Morgan fingerprint density at radius 1 is 1.19 bits per heavy atom. The van der Waals surface area contributed by atoms with Crippen molar-refractivity contribution < 1.29 is 9.59 Å². The summed E-state index contributed by atoms with van der Waals surface area (Å²) in [6.07, 6.45) is 5.00. The summed E-state index contributed by atoms with van der Waals surface area (Å²) in [6, 6.07) is 16.4. The molecule has 2 amide bonds. The van der Waals surface area contributed by atoms with Gasteiger partial charge in [-0.25, -0.2) is 0 Å². The quantitative estimate of drug-likeness (QED) is 0.629. The van der Waals surface area contributed by atoms with Crippen LogP contribution in [0.2, 0.25) is 0 Å². The standard InChI is InChI=1S/C20H19N3O2S/c1-23(14-19(24)22-17-5-3-4-6-18(17)26-2)20(25)12-11-15-7-9-16(13-21)10-8-15/h3-12H,14H2,1-2H3,(H,22,24)/b12-11+. The van der Waals surface area contributed by atoms with Crippen LogP contribution in [0.4, 0.5) is 5.69 Å². The summed E-state index contributed by atoms with van der Waals surface area (Å²) >= 11 is 1.54. The predicted molar refractivity (Wildman–Crippen MR) is 105 cm³/mol. The highest BCUT2D eigenvalue weighted by atomic mass is 32.2. The third kappa shape index (κ3) is 5.50. The second-order valence-electron chi connectivity index (χ2n) is 5.51. The fourth-order valence-electron chi connectivity index (χ4n) is 2.19. The smallest absolute Gasteiger partial charge is 0.246 e. The number of amides is 2. The number of rotatable bonds is 6. The van der Waals surface area contributed by atoms with Crippen LogP contribution in [-0.4, -0.2) is 36.6 Å². The minimum atomic E-state index is -0.275. The number of carbonyl (C=O) groups is 2. The minimum absolute atomic E-state index is 0.0424. The average Bonchev–Trinajstić information content (AvgIpc) is 2.66. The number of hydrogen-bond acceptors (Lipinski definition) is 4. The molecular formula is C20H19N3O2S. The van der Waals surface area contributed by atoms with Crippen LogP contribution in [0.3, 0.4) is 0 Å². The number of anilines is 1. The number of nitrogens with zero attached hydrogens (tertiary/aromatic N) is 2. The molecule has 6 heteroatoms. The van der Waals surface area contributed by atoms with Gasteiger partial charge in [0, 0.05) is 18.0 Å². The number of para-hydroxylation sites is 1. The lowest BCUT2D eigenvalue weighted by atomic mass is 10.1. The molecule has 2 rings (SSSR count). The molecule has 0 unspecified atom stereocenters. The molecule has 2 aromatic carbocycles. The lowest BCUT2D eigenvalue weighted by molar-refractivity contribution is -0.129. The van der Waals surface area contributed by atoms with Crippen molar-refractivity contribution in [1.29, 1.82) is 5.26 Å². The zero-order valence-electron chi connectivity index (χ0n) is 14.6. The van der Waals surface area contributed by atoms with Crippen LogP contribution in [-0.2, 0) is 9.59 Å². The van der Waals surface area contributed by atoms with E-state index in [2.05, 4.69) is 5.32 Å². The average molecular weight is 365 g/mol. The van der Waals surface area contributed by atoms with E-state index >= 15 is 0 Å². The lowest BCUT2D eigenvalue weighted by Gasteiger charge is -2.15. The monoisotopic (exact) mass is 365 g/mol. The first kappa shape index (κ1) is 19.3. The van der Waals surface area contributed by atoms with E-state index in [1.54, 1.807) is 49.2 Å². The molecule has 5 nitrogen and oxygen atoms in total. The first-order chi connectivity index (χ1) is 12.5. The van der Waals surface area contributed by atoms with E-state index in [4.69, 9.17) is 5.26 Å². The van der Waals surface area contributed by atoms with Crippen LogP contribution in [0.1, 0.15) is 11.1 Å². The maximum Gasteiger partial charge on any atom is 0.246 e. The number of hydrogen-bond donors (Lipinski definition) is 1. The van der Waals surface area contributed by atoms with Crippen molar-refractivity contribution >= 4 is 35.3 Å². The van der Waals surface area contributed by atoms with Crippen LogP contribution in [0.5, 0.6) is 0 Å². The summed E-state index contributed by atoms with van der Waals surface area (Å²) in [7, 11) is 1.57. The molecule has 0 saturated heterocycles. The maximum absolute atomic E-state index is 12.2. The Balaban J connectivity index is 1.92. The van der Waals surface area contributed by atoms with Gasteiger partial charge in [0.2, 0.25) is 11.8 Å². The van der Waals surface area contributed by atoms with E-state index in [1.165, 1.54) is 11.0 Å². The van der Waals surface area contributed by atoms with Crippen molar-refractivity contribution in [3.8, 4) is 6.07 Å². The highest BCUT2D eigenvalue weighted by molar-refractivity contribution is 7.98. The molecule has 0 bridgehead atoms. The molecular weight excluding hydrogens is 346 g/mol.